The molecule has 22 valence electrons. The van der Waals surface area contributed by atoms with Crippen LogP contribution in [0.2, 0.25) is 0 Å². The van der Waals surface area contributed by atoms with Crippen molar-refractivity contribution in [3.05, 3.63) is 0 Å². The molecule has 1 fully saturated rings. The fraction of sp³-hybridized carbons (Fsp3) is 1.00. The minimum Gasteiger partial charge on any atom is -1.00 e. The van der Waals surface area contributed by atoms with Crippen LogP contribution in [-0.4, -0.2) is 8.41 Å². The Hall–Kier alpha value is 1.70. The Bertz CT molecular complexity index is 11.6. The van der Waals surface area contributed by atoms with E-state index < -0.39 is 0 Å². The van der Waals surface area contributed by atoms with Gasteiger partial charge in [0.25, 0.3) is 0 Å². The zero-order valence-corrected chi connectivity index (χ0v) is 6.82. The number of hydrogen-bond acceptors (Lipinski definition) is 0. The fourth-order valence-corrected chi connectivity index (χ4v) is 0. The van der Waals surface area contributed by atoms with Crippen LogP contribution in [0.4, 0.5) is 0 Å². The predicted molar refractivity (Wildman–Crippen MR) is 19.6 cm³/mol. The normalized spacial score (nSPS) is 14.4. The molecule has 0 spiro atoms. The van der Waals surface area contributed by atoms with E-state index in [2.05, 4.69) is 0 Å². The molecule has 0 heterocycles. The van der Waals surface area contributed by atoms with Crippen LogP contribution in [0, 0.1) is 0 Å². The molecule has 1 aliphatic rings. The van der Waals surface area contributed by atoms with Gasteiger partial charge in [-0.1, -0.05) is 19.3 Å². The first-order chi connectivity index (χ1) is 1.50. The van der Waals surface area contributed by atoms with Crippen molar-refractivity contribution in [3.63, 3.8) is 0 Å². The van der Waals surface area contributed by atoms with Crippen LogP contribution in [0.15, 0.2) is 0 Å². The molecule has 0 aliphatic heterocycles. The molecule has 0 aromatic rings. The third-order valence-electron chi connectivity index (χ3n) is 0.354. The quantitative estimate of drug-likeness (QED) is 0.297. The fourth-order valence-electron chi connectivity index (χ4n) is 0. The minimum atomic E-state index is 0. The molecule has 2 heteroatoms. The Morgan fingerprint density at radius 1 is 0.800 bits per heavy atom. The second-order valence-corrected chi connectivity index (χ2v) is 1.06. The maximum absolute atomic E-state index is 1.50. The summed E-state index contributed by atoms with van der Waals surface area (Å²) < 4.78 is 0. The second-order valence-electron chi connectivity index (χ2n) is 1.06. The van der Waals surface area contributed by atoms with Crippen molar-refractivity contribution < 1.29 is 51.4 Å². The Balaban J connectivity index is 0. The van der Waals surface area contributed by atoms with Crippen molar-refractivity contribution in [1.82, 2.24) is 0 Å². The summed E-state index contributed by atoms with van der Waals surface area (Å²) in [6.07, 6.45) is 4.50. The average molecular weight is 92.0 g/mol. The van der Waals surface area contributed by atoms with E-state index in [-0.39, 0.29) is 59.8 Å². The van der Waals surface area contributed by atoms with Crippen LogP contribution < -0.4 is 51.4 Å². The standard InChI is InChI=1S/C3H6.B.K/c1-2-3-1;;/h1-3H2;;/q;-1;+1. The van der Waals surface area contributed by atoms with Gasteiger partial charge in [-0.2, -0.15) is 0 Å². The van der Waals surface area contributed by atoms with Gasteiger partial charge in [0.05, 0.1) is 0 Å². The molecule has 5 heavy (non-hydrogen) atoms. The zero-order chi connectivity index (χ0) is 2.12. The van der Waals surface area contributed by atoms with E-state index in [1.54, 1.807) is 0 Å². The van der Waals surface area contributed by atoms with Crippen molar-refractivity contribution >= 4 is 8.41 Å². The van der Waals surface area contributed by atoms with E-state index in [0.29, 0.717) is 0 Å². The molecule has 0 atom stereocenters. The van der Waals surface area contributed by atoms with E-state index in [1.165, 1.54) is 19.3 Å². The van der Waals surface area contributed by atoms with E-state index >= 15 is 0 Å². The molecular formula is C3H6BK. The summed E-state index contributed by atoms with van der Waals surface area (Å²) in [6.45, 7) is 0. The number of hydrogen-bond donors (Lipinski definition) is 0. The topological polar surface area (TPSA) is 0 Å². The van der Waals surface area contributed by atoms with Crippen LogP contribution in [0.5, 0.6) is 0 Å². The molecule has 0 saturated heterocycles. The molecule has 0 aromatic carbocycles. The van der Waals surface area contributed by atoms with E-state index in [9.17, 15) is 0 Å². The van der Waals surface area contributed by atoms with Gasteiger partial charge in [-0.3, -0.25) is 0 Å². The zero-order valence-electron chi connectivity index (χ0n) is 3.70. The van der Waals surface area contributed by atoms with E-state index in [4.69, 9.17) is 0 Å². The Morgan fingerprint density at radius 3 is 1.00 bits per heavy atom. The largest absolute Gasteiger partial charge is 1.00 e. The Labute approximate surface area is 77.7 Å². The third-order valence-corrected chi connectivity index (χ3v) is 0.354. The van der Waals surface area contributed by atoms with Gasteiger partial charge in [0.2, 0.25) is 0 Å². The van der Waals surface area contributed by atoms with E-state index in [1.807, 2.05) is 0 Å². The molecule has 0 N–H and O–H groups in total. The average Bonchev–Trinajstić information content (AvgIpc) is 1.46. The summed E-state index contributed by atoms with van der Waals surface area (Å²) in [5.74, 6) is 0. The van der Waals surface area contributed by atoms with Crippen LogP contribution in [0.3, 0.4) is 0 Å². The summed E-state index contributed by atoms with van der Waals surface area (Å²) in [7, 11) is 0. The maximum Gasteiger partial charge on any atom is 1.00 e. The van der Waals surface area contributed by atoms with Gasteiger partial charge in [-0.15, -0.1) is 0 Å². The van der Waals surface area contributed by atoms with Gasteiger partial charge in [-0.05, 0) is 0 Å². The molecule has 1 aliphatic carbocycles. The van der Waals surface area contributed by atoms with Gasteiger partial charge in [0, 0.05) is 0 Å². The van der Waals surface area contributed by atoms with Crippen LogP contribution >= 0.6 is 0 Å². The minimum absolute atomic E-state index is 0. The molecular weight excluding hydrogens is 85.9 g/mol. The predicted octanol–water partition coefficient (Wildman–Crippen LogP) is -2.21. The van der Waals surface area contributed by atoms with Crippen LogP contribution in [0.25, 0.3) is 0 Å². The third kappa shape index (κ3) is 10.7. The van der Waals surface area contributed by atoms with E-state index in [0.717, 1.165) is 0 Å². The summed E-state index contributed by atoms with van der Waals surface area (Å²) in [5, 5.41) is 0. The van der Waals surface area contributed by atoms with Crippen molar-refractivity contribution in [2.45, 2.75) is 19.3 Å². The first-order valence-corrected chi connectivity index (χ1v) is 1.50. The molecule has 1 saturated carbocycles. The van der Waals surface area contributed by atoms with Gasteiger partial charge in [-0.25, -0.2) is 0 Å². The van der Waals surface area contributed by atoms with Gasteiger partial charge < -0.3 is 8.41 Å². The first-order valence-electron chi connectivity index (χ1n) is 1.50. The molecule has 1 rings (SSSR count). The summed E-state index contributed by atoms with van der Waals surface area (Å²) in [4.78, 5) is 0. The van der Waals surface area contributed by atoms with Crippen molar-refractivity contribution in [3.8, 4) is 0 Å². The first kappa shape index (κ1) is 9.86. The molecule has 0 nitrogen and oxygen atoms in total. The molecule has 0 bridgehead atoms. The molecule has 4 radical (unpaired) electrons. The molecule has 0 aromatic heterocycles. The van der Waals surface area contributed by atoms with Gasteiger partial charge >= 0.3 is 51.4 Å². The van der Waals surface area contributed by atoms with Crippen molar-refractivity contribution in [2.75, 3.05) is 0 Å². The van der Waals surface area contributed by atoms with Crippen LogP contribution in [-0.2, 0) is 0 Å². The Kier molecular flexibility index (Phi) is 11.2. The maximum atomic E-state index is 1.50. The molecule has 0 unspecified atom stereocenters. The summed E-state index contributed by atoms with van der Waals surface area (Å²) in [6, 6.07) is 0. The van der Waals surface area contributed by atoms with Crippen molar-refractivity contribution in [2.24, 2.45) is 0 Å². The summed E-state index contributed by atoms with van der Waals surface area (Å²) in [5.41, 5.74) is 0. The Morgan fingerprint density at radius 2 is 1.00 bits per heavy atom. The SMILES string of the molecule is C1CC1.[B-].[K+]. The van der Waals surface area contributed by atoms with Gasteiger partial charge in [0.1, 0.15) is 0 Å². The second kappa shape index (κ2) is 5.70. The summed E-state index contributed by atoms with van der Waals surface area (Å²) >= 11 is 0. The monoisotopic (exact) mass is 92.0 g/mol. The van der Waals surface area contributed by atoms with Crippen molar-refractivity contribution in [1.29, 1.82) is 0 Å². The molecule has 0 amide bonds. The van der Waals surface area contributed by atoms with Gasteiger partial charge in [0.15, 0.2) is 0 Å². The van der Waals surface area contributed by atoms with Crippen LogP contribution in [0.1, 0.15) is 19.3 Å². The smallest absolute Gasteiger partial charge is 1.00 e. The number of rotatable bonds is 0.